The average molecular weight is 547 g/mol. The van der Waals surface area contributed by atoms with Crippen molar-refractivity contribution in [3.05, 3.63) is 58.8 Å². The van der Waals surface area contributed by atoms with E-state index in [2.05, 4.69) is 61.7 Å². The first-order chi connectivity index (χ1) is 18.0. The molecule has 7 nitrogen and oxygen atoms in total. The van der Waals surface area contributed by atoms with Crippen LogP contribution in [0.5, 0.6) is 5.75 Å². The number of alkyl carbamates (subject to hydrolysis) is 1. The molecule has 0 spiro atoms. The van der Waals surface area contributed by atoms with E-state index >= 15 is 0 Å². The van der Waals surface area contributed by atoms with Crippen molar-refractivity contribution in [3.63, 3.8) is 0 Å². The van der Waals surface area contributed by atoms with Crippen molar-refractivity contribution in [2.45, 2.75) is 76.7 Å². The van der Waals surface area contributed by atoms with Gasteiger partial charge >= 0.3 is 6.09 Å². The Hall–Kier alpha value is -2.48. The van der Waals surface area contributed by atoms with Crippen molar-refractivity contribution < 1.29 is 23.7 Å². The van der Waals surface area contributed by atoms with Crippen molar-refractivity contribution in [3.8, 4) is 5.75 Å². The van der Waals surface area contributed by atoms with E-state index in [1.807, 2.05) is 18.0 Å². The number of benzene rings is 1. The van der Waals surface area contributed by atoms with Crippen LogP contribution in [0.15, 0.2) is 48.2 Å². The predicted molar refractivity (Wildman–Crippen MR) is 153 cm³/mol. The number of allylic oxidation sites excluding steroid dienone is 4. The second kappa shape index (κ2) is 13.0. The summed E-state index contributed by atoms with van der Waals surface area (Å²) in [5, 5.41) is 3.54. The quantitative estimate of drug-likeness (QED) is 0.408. The number of hydrogen-bond donors (Lipinski definition) is 1. The predicted octanol–water partition coefficient (Wildman–Crippen LogP) is 6.45. The Morgan fingerprint density at radius 2 is 1.97 bits per heavy atom. The Kier molecular flexibility index (Phi) is 10.3. The number of halogens is 1. The standard InChI is InChI=1S/C28H37ClN2O4.C2H6O/c1-17-9-7-8-10-21-16-23(34-27(32)30-21)19(3)26-28(4,35-26)12-11-18(2)31(5)22-14-20(13-17)15-24(33-6)25(22)29;1-3-2/h7-9,14-15,19,21,23,26H,2,10-13,16H2,1,3-6H3,(H,30,32);1-2H3/b8-7+,17-9+;/t19-,21?,23?,26+,28+;/m1./s1. The third-order valence-corrected chi connectivity index (χ3v) is 7.95. The fourth-order valence-electron chi connectivity index (χ4n) is 5.24. The number of ether oxygens (including phenoxy) is 4. The molecule has 3 heterocycles. The van der Waals surface area contributed by atoms with Crippen LogP contribution in [0.2, 0.25) is 5.02 Å². The van der Waals surface area contributed by atoms with Crippen LogP contribution in [0.4, 0.5) is 10.5 Å². The molecule has 0 aliphatic carbocycles. The van der Waals surface area contributed by atoms with Gasteiger partial charge in [-0.3, -0.25) is 0 Å². The molecule has 210 valence electrons. The van der Waals surface area contributed by atoms with Crippen LogP contribution in [0.3, 0.4) is 0 Å². The molecule has 1 amide bonds. The van der Waals surface area contributed by atoms with Gasteiger partial charge in [0.25, 0.3) is 0 Å². The van der Waals surface area contributed by atoms with Crippen molar-refractivity contribution in [1.29, 1.82) is 0 Å². The molecule has 2 fully saturated rings. The maximum Gasteiger partial charge on any atom is 0.407 e. The molecule has 4 rings (SSSR count). The largest absolute Gasteiger partial charge is 0.495 e. The van der Waals surface area contributed by atoms with Gasteiger partial charge in [0.05, 0.1) is 24.5 Å². The number of methoxy groups -OCH3 is 2. The molecule has 2 unspecified atom stereocenters. The first-order valence-corrected chi connectivity index (χ1v) is 13.6. The van der Waals surface area contributed by atoms with Gasteiger partial charge in [0.15, 0.2) is 0 Å². The van der Waals surface area contributed by atoms with Gasteiger partial charge in [0.1, 0.15) is 16.9 Å². The maximum absolute atomic E-state index is 12.2. The average Bonchev–Trinajstić information content (AvgIpc) is 3.56. The molecule has 3 aliphatic rings. The van der Waals surface area contributed by atoms with Gasteiger partial charge in [-0.05, 0) is 57.2 Å². The Labute approximate surface area is 232 Å². The van der Waals surface area contributed by atoms with E-state index in [4.69, 9.17) is 25.8 Å². The lowest BCUT2D eigenvalue weighted by atomic mass is 9.86. The highest BCUT2D eigenvalue weighted by Gasteiger charge is 2.57. The van der Waals surface area contributed by atoms with Gasteiger partial charge < -0.3 is 29.2 Å². The highest BCUT2D eigenvalue weighted by molar-refractivity contribution is 6.34. The minimum Gasteiger partial charge on any atom is -0.495 e. The van der Waals surface area contributed by atoms with Crippen LogP contribution in [0, 0.1) is 5.92 Å². The SMILES string of the molecule is C=C1CC[C@]2(C)O[C@H]2[C@H](C)C2CC(C/C=C/C=C(\C)Cc3cc(OC)c(Cl)c(c3)N1C)NC(=O)O2.COC. The Balaban J connectivity index is 0.00000127. The van der Waals surface area contributed by atoms with E-state index in [1.54, 1.807) is 21.3 Å². The molecule has 38 heavy (non-hydrogen) atoms. The van der Waals surface area contributed by atoms with Crippen LogP contribution in [0.1, 0.15) is 52.0 Å². The van der Waals surface area contributed by atoms with Crippen molar-refractivity contribution in [2.24, 2.45) is 5.92 Å². The number of fused-ring (bicyclic) bond motifs is 5. The Bertz CT molecular complexity index is 1070. The highest BCUT2D eigenvalue weighted by atomic mass is 35.5. The van der Waals surface area contributed by atoms with E-state index in [9.17, 15) is 4.79 Å². The Morgan fingerprint density at radius 3 is 2.66 bits per heavy atom. The van der Waals surface area contributed by atoms with Crippen LogP contribution in [0.25, 0.3) is 0 Å². The molecule has 0 saturated carbocycles. The molecule has 1 aromatic rings. The van der Waals surface area contributed by atoms with E-state index < -0.39 is 0 Å². The third kappa shape index (κ3) is 7.33. The van der Waals surface area contributed by atoms with Gasteiger partial charge in [0.2, 0.25) is 0 Å². The summed E-state index contributed by atoms with van der Waals surface area (Å²) in [6.07, 6.45) is 9.72. The van der Waals surface area contributed by atoms with E-state index in [0.29, 0.717) is 10.8 Å². The smallest absolute Gasteiger partial charge is 0.407 e. The number of carbonyl (C=O) groups is 1. The monoisotopic (exact) mass is 546 g/mol. The summed E-state index contributed by atoms with van der Waals surface area (Å²) in [5.41, 5.74) is 3.90. The lowest BCUT2D eigenvalue weighted by Gasteiger charge is -2.33. The summed E-state index contributed by atoms with van der Waals surface area (Å²) < 4.78 is 21.7. The summed E-state index contributed by atoms with van der Waals surface area (Å²) >= 11 is 6.71. The van der Waals surface area contributed by atoms with E-state index in [1.165, 1.54) is 5.57 Å². The van der Waals surface area contributed by atoms with Gasteiger partial charge in [0, 0.05) is 45.3 Å². The van der Waals surface area contributed by atoms with Crippen LogP contribution >= 0.6 is 11.6 Å². The summed E-state index contributed by atoms with van der Waals surface area (Å²) in [7, 11) is 6.88. The van der Waals surface area contributed by atoms with Crippen LogP contribution < -0.4 is 15.0 Å². The van der Waals surface area contributed by atoms with Crippen molar-refractivity contribution in [1.82, 2.24) is 5.32 Å². The summed E-state index contributed by atoms with van der Waals surface area (Å²) in [5.74, 6) is 0.769. The molecular formula is C30H43ClN2O5. The Morgan fingerprint density at radius 1 is 1.26 bits per heavy atom. The number of amides is 1. The fourth-order valence-corrected chi connectivity index (χ4v) is 5.55. The zero-order valence-corrected chi connectivity index (χ0v) is 24.6. The van der Waals surface area contributed by atoms with Crippen LogP contribution in [-0.2, 0) is 20.6 Å². The lowest BCUT2D eigenvalue weighted by molar-refractivity contribution is 0.0221. The summed E-state index contributed by atoms with van der Waals surface area (Å²) in [6.45, 7) is 10.7. The maximum atomic E-state index is 12.2. The second-order valence-electron chi connectivity index (χ2n) is 10.7. The van der Waals surface area contributed by atoms with Gasteiger partial charge in [-0.1, -0.05) is 48.9 Å². The fraction of sp³-hybridized carbons (Fsp3) is 0.567. The topological polar surface area (TPSA) is 72.6 Å². The first kappa shape index (κ1) is 30.1. The molecule has 1 aromatic carbocycles. The van der Waals surface area contributed by atoms with Crippen molar-refractivity contribution in [2.75, 3.05) is 33.3 Å². The number of hydrogen-bond acceptors (Lipinski definition) is 6. The number of nitrogens with one attached hydrogen (secondary N) is 1. The first-order valence-electron chi connectivity index (χ1n) is 13.2. The number of nitrogens with zero attached hydrogens (tertiary/aromatic N) is 1. The molecule has 0 aromatic heterocycles. The molecule has 4 bridgehead atoms. The normalized spacial score (nSPS) is 31.9. The number of anilines is 1. The van der Waals surface area contributed by atoms with E-state index in [0.717, 1.165) is 49.1 Å². The minimum atomic E-state index is -0.341. The molecule has 2 saturated heterocycles. The molecule has 5 atom stereocenters. The van der Waals surface area contributed by atoms with Gasteiger partial charge in [-0.2, -0.15) is 0 Å². The summed E-state index contributed by atoms with van der Waals surface area (Å²) in [6, 6.07) is 4.16. The molecule has 1 N–H and O–H groups in total. The third-order valence-electron chi connectivity index (χ3n) is 7.57. The lowest BCUT2D eigenvalue weighted by Crippen LogP contribution is -2.48. The van der Waals surface area contributed by atoms with Crippen molar-refractivity contribution >= 4 is 23.4 Å². The molecule has 3 aliphatic heterocycles. The molecular weight excluding hydrogens is 504 g/mol. The van der Waals surface area contributed by atoms with E-state index in [-0.39, 0.29) is 35.9 Å². The number of carbonyl (C=O) groups excluding carboxylic acids is 1. The highest BCUT2D eigenvalue weighted by Crippen LogP contribution is 2.48. The zero-order chi connectivity index (χ0) is 28.0. The molecule has 0 radical (unpaired) electrons. The zero-order valence-electron chi connectivity index (χ0n) is 23.8. The summed E-state index contributed by atoms with van der Waals surface area (Å²) in [4.78, 5) is 14.3. The number of epoxide rings is 1. The van der Waals surface area contributed by atoms with Gasteiger partial charge in [-0.15, -0.1) is 0 Å². The van der Waals surface area contributed by atoms with Gasteiger partial charge in [-0.25, -0.2) is 4.79 Å². The second-order valence-corrected chi connectivity index (χ2v) is 11.1. The minimum absolute atomic E-state index is 0.0485. The number of rotatable bonds is 1. The molecule has 8 heteroatoms. The van der Waals surface area contributed by atoms with Crippen LogP contribution in [-0.4, -0.2) is 58.3 Å².